The Labute approximate surface area is 45.1 Å². The fourth-order valence-electron chi connectivity index (χ4n) is 0. The van der Waals surface area contributed by atoms with Crippen molar-refractivity contribution in [3.63, 3.8) is 0 Å². The number of hydrogen-bond acceptors (Lipinski definition) is 0. The van der Waals surface area contributed by atoms with Crippen molar-refractivity contribution < 1.29 is 1.43 Å². The average molecular weight is 93.2 g/mol. The molecule has 0 unspecified atom stereocenters. The Bertz CT molecular complexity index is 4.14. The predicted molar refractivity (Wildman–Crippen MR) is 37.3 cm³/mol. The smallest absolute Gasteiger partial charge is 0.0776 e. The normalized spacial score (nSPS) is 2.00. The molecular weight excluding hydrogens is 72.1 g/mol. The first-order chi connectivity index (χ1) is 2.00. The minimum absolute atomic E-state index is 0. The number of rotatable bonds is 0. The molecule has 0 saturated carbocycles. The minimum Gasteiger partial charge on any atom is -0.0776 e. The maximum absolute atomic E-state index is 2.00. The van der Waals surface area contributed by atoms with Gasteiger partial charge in [0.2, 0.25) is 0 Å². The molecule has 0 heteroatoms. The van der Waals surface area contributed by atoms with Gasteiger partial charge < -0.3 is 0 Å². The van der Waals surface area contributed by atoms with Crippen LogP contribution < -0.4 is 0 Å². The summed E-state index contributed by atoms with van der Waals surface area (Å²) in [5.41, 5.74) is 0. The van der Waals surface area contributed by atoms with Gasteiger partial charge in [0, 0.05) is 0 Å². The lowest BCUT2D eigenvalue weighted by Crippen LogP contribution is -0.856. The third-order valence-electron chi connectivity index (χ3n) is 0. The monoisotopic (exact) mass is 93.2 g/mol. The fourth-order valence-corrected chi connectivity index (χ4v) is 0. The van der Waals surface area contributed by atoms with Gasteiger partial charge in [0.25, 0.3) is 0 Å². The van der Waals surface area contributed by atoms with E-state index in [0.717, 1.165) is 0 Å². The van der Waals surface area contributed by atoms with Gasteiger partial charge in [-0.1, -0.05) is 42.5 Å². The first-order valence-corrected chi connectivity index (χ1v) is 2.00. The summed E-state index contributed by atoms with van der Waals surface area (Å²) in [6, 6.07) is 0. The van der Waals surface area contributed by atoms with E-state index in [2.05, 4.69) is 0 Å². The number of hydrogen-bond donors (Lipinski definition) is 0. The highest BCUT2D eigenvalue weighted by Gasteiger charge is 0.934. The SMILES string of the molecule is C.C.CC.CC.[H+]. The molecule has 0 amide bonds. The van der Waals surface area contributed by atoms with E-state index >= 15 is 0 Å². The van der Waals surface area contributed by atoms with E-state index in [1.165, 1.54) is 0 Å². The van der Waals surface area contributed by atoms with Gasteiger partial charge in [-0.25, -0.2) is 0 Å². The van der Waals surface area contributed by atoms with E-state index in [1.807, 2.05) is 27.7 Å². The molecule has 0 bridgehead atoms. The maximum Gasteiger partial charge on any atom is 1.00 e. The lowest BCUT2D eigenvalue weighted by molar-refractivity contribution is 1.50. The third-order valence-corrected chi connectivity index (χ3v) is 0. The van der Waals surface area contributed by atoms with Gasteiger partial charge in [-0.3, -0.25) is 0 Å². The van der Waals surface area contributed by atoms with E-state index < -0.39 is 0 Å². The molecule has 6 heavy (non-hydrogen) atoms. The molecule has 0 fully saturated rings. The molecule has 0 radical (unpaired) electrons. The van der Waals surface area contributed by atoms with Crippen LogP contribution in [0.4, 0.5) is 0 Å². The zero-order valence-electron chi connectivity index (χ0n) is 5.00. The first-order valence-electron chi connectivity index (χ1n) is 2.00. The summed E-state index contributed by atoms with van der Waals surface area (Å²) < 4.78 is 0. The summed E-state index contributed by atoms with van der Waals surface area (Å²) in [4.78, 5) is 0. The molecule has 0 aromatic rings. The van der Waals surface area contributed by atoms with Crippen LogP contribution in [0.1, 0.15) is 44.0 Å². The Morgan fingerprint density at radius 1 is 0.667 bits per heavy atom. The molecule has 0 aliphatic heterocycles. The van der Waals surface area contributed by atoms with Crippen LogP contribution in [0, 0.1) is 0 Å². The van der Waals surface area contributed by atoms with Gasteiger partial charge in [-0.15, -0.1) is 0 Å². The Hall–Kier alpha value is 0. The first kappa shape index (κ1) is 37.5. The van der Waals surface area contributed by atoms with Crippen LogP contribution in [0.2, 0.25) is 0 Å². The lowest BCUT2D eigenvalue weighted by Gasteiger charge is -1.07. The van der Waals surface area contributed by atoms with Crippen LogP contribution in [0.15, 0.2) is 0 Å². The van der Waals surface area contributed by atoms with Crippen LogP contribution in [-0.4, -0.2) is 0 Å². The maximum atomic E-state index is 2.00. The topological polar surface area (TPSA) is 0 Å². The Balaban J connectivity index is -0.00000000267. The van der Waals surface area contributed by atoms with Crippen LogP contribution in [-0.2, 0) is 0 Å². The van der Waals surface area contributed by atoms with Gasteiger partial charge in [0.05, 0.1) is 0 Å². The zero-order valence-corrected chi connectivity index (χ0v) is 4.00. The standard InChI is InChI=1S/2C2H6.2CH4/c2*1-2;;/h2*1-2H3;2*1H4/p+1. The predicted octanol–water partition coefficient (Wildman–Crippen LogP) is 3.44. The summed E-state index contributed by atoms with van der Waals surface area (Å²) in [5.74, 6) is 0. The molecule has 0 nitrogen and oxygen atoms in total. The largest absolute Gasteiger partial charge is 1.00 e. The van der Waals surface area contributed by atoms with E-state index in [9.17, 15) is 0 Å². The Morgan fingerprint density at radius 2 is 0.667 bits per heavy atom. The van der Waals surface area contributed by atoms with E-state index in [0.29, 0.717) is 0 Å². The highest BCUT2D eigenvalue weighted by atomic mass is 13.0. The van der Waals surface area contributed by atoms with Crippen LogP contribution >= 0.6 is 0 Å². The second-order valence-electron chi connectivity index (χ2n) is 0. The third kappa shape index (κ3) is 0. The summed E-state index contributed by atoms with van der Waals surface area (Å²) in [6.45, 7) is 8.00. The average Bonchev–Trinajstić information content (AvgIpc) is 1.50. The molecule has 0 aromatic heterocycles. The van der Waals surface area contributed by atoms with Gasteiger partial charge in [-0.2, -0.15) is 0 Å². The van der Waals surface area contributed by atoms with Gasteiger partial charge >= 0.3 is 1.43 Å². The van der Waals surface area contributed by atoms with E-state index in [1.54, 1.807) is 0 Å². The minimum atomic E-state index is 0. The van der Waals surface area contributed by atoms with Crippen LogP contribution in [0.3, 0.4) is 0 Å². The Kier molecular flexibility index (Phi) is 0. The molecule has 44 valence electrons. The quantitative estimate of drug-likeness (QED) is 0.430. The second-order valence-corrected chi connectivity index (χ2v) is 0. The molecule has 0 spiro atoms. The van der Waals surface area contributed by atoms with Crippen molar-refractivity contribution in [1.29, 1.82) is 0 Å². The summed E-state index contributed by atoms with van der Waals surface area (Å²) >= 11 is 0. The van der Waals surface area contributed by atoms with Gasteiger partial charge in [-0.05, 0) is 0 Å². The van der Waals surface area contributed by atoms with E-state index in [-0.39, 0.29) is 16.3 Å². The Morgan fingerprint density at radius 3 is 0.667 bits per heavy atom. The van der Waals surface area contributed by atoms with E-state index in [4.69, 9.17) is 0 Å². The molecule has 0 rings (SSSR count). The van der Waals surface area contributed by atoms with Crippen molar-refractivity contribution in [3.8, 4) is 0 Å². The molecule has 0 aromatic carbocycles. The van der Waals surface area contributed by atoms with Gasteiger partial charge in [0.1, 0.15) is 0 Å². The summed E-state index contributed by atoms with van der Waals surface area (Å²) in [5, 5.41) is 0. The molecule has 0 N–H and O–H groups in total. The van der Waals surface area contributed by atoms with Crippen LogP contribution in [0.25, 0.3) is 0 Å². The molecule has 0 heterocycles. The fraction of sp³-hybridized carbons (Fsp3) is 1.00. The lowest BCUT2D eigenvalue weighted by atomic mass is 11.0. The zero-order chi connectivity index (χ0) is 4.00. The van der Waals surface area contributed by atoms with Crippen molar-refractivity contribution in [2.75, 3.05) is 0 Å². The molecule has 0 saturated heterocycles. The van der Waals surface area contributed by atoms with Crippen molar-refractivity contribution in [1.82, 2.24) is 0 Å². The molecule has 0 atom stereocenters. The molecule has 0 aliphatic rings. The van der Waals surface area contributed by atoms with Gasteiger partial charge in [0.15, 0.2) is 0 Å². The van der Waals surface area contributed by atoms with Crippen molar-refractivity contribution in [2.45, 2.75) is 42.5 Å². The van der Waals surface area contributed by atoms with Crippen molar-refractivity contribution in [2.24, 2.45) is 0 Å². The summed E-state index contributed by atoms with van der Waals surface area (Å²) in [6.07, 6.45) is 0. The highest BCUT2D eigenvalue weighted by Crippen LogP contribution is 1.15. The van der Waals surface area contributed by atoms with Crippen LogP contribution in [0.5, 0.6) is 0 Å². The molecular formula is C6H21+. The van der Waals surface area contributed by atoms with Crippen molar-refractivity contribution in [3.05, 3.63) is 0 Å². The van der Waals surface area contributed by atoms with Crippen molar-refractivity contribution >= 4 is 0 Å². The molecule has 0 aliphatic carbocycles. The second kappa shape index (κ2) is 0. The summed E-state index contributed by atoms with van der Waals surface area (Å²) in [7, 11) is 0. The highest BCUT2D eigenvalue weighted by molar-refractivity contribution is 3.51.